The number of fused-ring (bicyclic) bond motifs is 16. The predicted molar refractivity (Wildman–Crippen MR) is 271 cm³/mol. The van der Waals surface area contributed by atoms with E-state index in [0.29, 0.717) is 0 Å². The molecule has 0 unspecified atom stereocenters. The third-order valence-electron chi connectivity index (χ3n) is 14.1. The molecule has 0 fully saturated rings. The van der Waals surface area contributed by atoms with Gasteiger partial charge in [0.25, 0.3) is 0 Å². The zero-order chi connectivity index (χ0) is 42.6. The van der Waals surface area contributed by atoms with E-state index in [-0.39, 0.29) is 14.2 Å². The molecular formula is C55H39B2N7Si. The van der Waals surface area contributed by atoms with Crippen LogP contribution in [0.5, 0.6) is 0 Å². The molecule has 0 radical (unpaired) electrons. The second-order valence-electron chi connectivity index (χ2n) is 17.2. The summed E-state index contributed by atoms with van der Waals surface area (Å²) in [5.74, 6) is 0.978. The Hall–Kier alpha value is -8.20. The highest BCUT2D eigenvalue weighted by Crippen LogP contribution is 2.53. The Labute approximate surface area is 379 Å². The summed E-state index contributed by atoms with van der Waals surface area (Å²) in [7, 11) is -3.13. The first-order chi connectivity index (χ1) is 32.3. The van der Waals surface area contributed by atoms with Crippen molar-refractivity contribution in [3.05, 3.63) is 237 Å². The minimum atomic E-state index is -2.90. The average Bonchev–Trinajstić information content (AvgIpc) is 4.20. The average molecular weight is 848 g/mol. The van der Waals surface area contributed by atoms with Gasteiger partial charge in [0.1, 0.15) is 5.82 Å². The molecule has 2 aromatic heterocycles. The van der Waals surface area contributed by atoms with Crippen molar-refractivity contribution in [1.82, 2.24) is 13.9 Å². The zero-order valence-electron chi connectivity index (χ0n) is 35.3. The standard InChI is InChI=1S/C55H39B2N7Si/c1-3-16-42(17-4-1)65(43-18-5-2-6-19-43,44-33-29-40(30-34-44)61-51-24-11-13-26-53(51)63-49-22-9-7-20-46(49)48-28-15-38-59(48)56(61)63)45-35-31-41(32-36-45)62-52-25-12-14-27-54(52)64-50-23-10-8-21-47(50)55-58-37-39-60(55)57(62)64/h1-39H. The Morgan fingerprint density at radius 1 is 0.323 bits per heavy atom. The molecule has 0 amide bonds. The largest absolute Gasteiger partial charge is 0.519 e. The Morgan fingerprint density at radius 3 is 1.28 bits per heavy atom. The zero-order valence-corrected chi connectivity index (χ0v) is 36.3. The number of anilines is 8. The first kappa shape index (κ1) is 36.3. The van der Waals surface area contributed by atoms with Gasteiger partial charge >= 0.3 is 14.2 Å². The molecule has 4 aliphatic heterocycles. The third-order valence-corrected chi connectivity index (χ3v) is 18.9. The van der Waals surface area contributed by atoms with Crippen LogP contribution in [0.25, 0.3) is 22.6 Å². The molecule has 0 N–H and O–H groups in total. The summed E-state index contributed by atoms with van der Waals surface area (Å²) in [6.07, 6.45) is 6.27. The first-order valence-electron chi connectivity index (χ1n) is 22.3. The smallest absolute Gasteiger partial charge is 0.351 e. The van der Waals surface area contributed by atoms with Gasteiger partial charge in [-0.1, -0.05) is 140 Å². The maximum absolute atomic E-state index is 4.88. The van der Waals surface area contributed by atoms with E-state index in [9.17, 15) is 0 Å². The molecule has 65 heavy (non-hydrogen) atoms. The van der Waals surface area contributed by atoms with E-state index >= 15 is 0 Å². The lowest BCUT2D eigenvalue weighted by Gasteiger charge is -2.37. The third kappa shape index (κ3) is 5.00. The molecule has 0 atom stereocenters. The Morgan fingerprint density at radius 2 is 0.738 bits per heavy atom. The van der Waals surface area contributed by atoms with Crippen LogP contribution in [-0.2, 0) is 0 Å². The van der Waals surface area contributed by atoms with Crippen LogP contribution in [0.1, 0.15) is 0 Å². The molecule has 0 saturated carbocycles. The number of nitrogens with zero attached hydrogens (tertiary/aromatic N) is 7. The van der Waals surface area contributed by atoms with Gasteiger partial charge in [-0.3, -0.25) is 0 Å². The molecule has 7 nitrogen and oxygen atoms in total. The van der Waals surface area contributed by atoms with E-state index in [2.05, 4.69) is 259 Å². The Balaban J connectivity index is 0.919. The second kappa shape index (κ2) is 13.9. The van der Waals surface area contributed by atoms with Crippen molar-refractivity contribution in [2.75, 3.05) is 19.2 Å². The van der Waals surface area contributed by atoms with Crippen LogP contribution in [-0.4, -0.2) is 36.2 Å². The molecule has 14 rings (SSSR count). The van der Waals surface area contributed by atoms with E-state index in [1.54, 1.807) is 0 Å². The fourth-order valence-electron chi connectivity index (χ4n) is 11.4. The number of hydrogen-bond donors (Lipinski definition) is 0. The van der Waals surface area contributed by atoms with Crippen molar-refractivity contribution < 1.29 is 0 Å². The van der Waals surface area contributed by atoms with Crippen molar-refractivity contribution in [2.24, 2.45) is 0 Å². The van der Waals surface area contributed by atoms with Crippen LogP contribution in [0.4, 0.5) is 45.5 Å². The molecule has 0 saturated heterocycles. The minimum Gasteiger partial charge on any atom is -0.351 e. The fourth-order valence-corrected chi connectivity index (χ4v) is 16.2. The summed E-state index contributed by atoms with van der Waals surface area (Å²) in [5, 5.41) is 5.34. The predicted octanol–water partition coefficient (Wildman–Crippen LogP) is 9.67. The van der Waals surface area contributed by atoms with Gasteiger partial charge in [-0.05, 0) is 106 Å². The summed E-state index contributed by atoms with van der Waals surface area (Å²) in [6, 6.07) is 81.0. The fraction of sp³-hybridized carbons (Fsp3) is 0. The quantitative estimate of drug-likeness (QED) is 0.123. The number of rotatable bonds is 6. The van der Waals surface area contributed by atoms with Gasteiger partial charge in [-0.15, -0.1) is 0 Å². The second-order valence-corrected chi connectivity index (χ2v) is 21.0. The summed E-state index contributed by atoms with van der Waals surface area (Å²) < 4.78 is 4.73. The van der Waals surface area contributed by atoms with Crippen molar-refractivity contribution in [2.45, 2.75) is 0 Å². The highest BCUT2D eigenvalue weighted by atomic mass is 28.3. The van der Waals surface area contributed by atoms with E-state index in [1.807, 2.05) is 6.20 Å². The van der Waals surface area contributed by atoms with Crippen molar-refractivity contribution in [3.63, 3.8) is 0 Å². The van der Waals surface area contributed by atoms with Gasteiger partial charge in [0, 0.05) is 52.0 Å². The van der Waals surface area contributed by atoms with Crippen molar-refractivity contribution >= 4 is 88.6 Å². The molecule has 10 aromatic rings. The maximum Gasteiger partial charge on any atom is 0.519 e. The van der Waals surface area contributed by atoms with Crippen LogP contribution in [0.2, 0.25) is 0 Å². The van der Waals surface area contributed by atoms with Gasteiger partial charge in [0.05, 0.1) is 22.7 Å². The first-order valence-corrected chi connectivity index (χ1v) is 24.3. The summed E-state index contributed by atoms with van der Waals surface area (Å²) >= 11 is 0. The molecule has 0 spiro atoms. The summed E-state index contributed by atoms with van der Waals surface area (Å²) in [6.45, 7) is 0. The monoisotopic (exact) mass is 847 g/mol. The van der Waals surface area contributed by atoms with Gasteiger partial charge < -0.3 is 28.2 Å². The summed E-state index contributed by atoms with van der Waals surface area (Å²) in [4.78, 5) is 14.8. The lowest BCUT2D eigenvalue weighted by Crippen LogP contribution is -2.74. The molecule has 0 bridgehead atoms. The summed E-state index contributed by atoms with van der Waals surface area (Å²) in [5.41, 5.74) is 13.0. The molecule has 0 aliphatic carbocycles. The normalized spacial score (nSPS) is 14.0. The van der Waals surface area contributed by atoms with Crippen LogP contribution < -0.4 is 40.0 Å². The van der Waals surface area contributed by atoms with Crippen LogP contribution in [0.3, 0.4) is 0 Å². The number of para-hydroxylation sites is 6. The van der Waals surface area contributed by atoms with E-state index < -0.39 is 8.07 Å². The van der Waals surface area contributed by atoms with Gasteiger partial charge in [-0.2, -0.15) is 0 Å². The van der Waals surface area contributed by atoms with Crippen molar-refractivity contribution in [1.29, 1.82) is 0 Å². The Kier molecular flexibility index (Phi) is 7.76. The van der Waals surface area contributed by atoms with E-state index in [4.69, 9.17) is 4.98 Å². The molecule has 4 aliphatic rings. The number of hydrogen-bond acceptors (Lipinski definition) is 5. The molecular weight excluding hydrogens is 808 g/mol. The van der Waals surface area contributed by atoms with Gasteiger partial charge in [0.2, 0.25) is 0 Å². The Bertz CT molecular complexity index is 3220. The molecule has 304 valence electrons. The number of benzene rings is 8. The molecule has 8 aromatic carbocycles. The topological polar surface area (TPSA) is 35.7 Å². The van der Waals surface area contributed by atoms with Crippen LogP contribution in [0.15, 0.2) is 237 Å². The van der Waals surface area contributed by atoms with Crippen LogP contribution in [0, 0.1) is 0 Å². The van der Waals surface area contributed by atoms with Crippen molar-refractivity contribution in [3.8, 4) is 22.6 Å². The number of aromatic nitrogens is 3. The SMILES string of the molecule is c1ccc([Si](c2ccccc2)(c2ccc(N3B4N(c5ccccc5-c5cccn54)c4ccccc43)cc2)c2ccc(N3B4N(c5ccccc5-c5nccn54)c4ccccc43)cc2)cc1. The highest BCUT2D eigenvalue weighted by Gasteiger charge is 2.51. The molecule has 6 heterocycles. The van der Waals surface area contributed by atoms with Gasteiger partial charge in [0.15, 0.2) is 8.07 Å². The number of imidazole rings is 1. The van der Waals surface area contributed by atoms with Gasteiger partial charge in [-0.25, -0.2) is 4.98 Å². The minimum absolute atomic E-state index is 0.0846. The maximum atomic E-state index is 4.88. The van der Waals surface area contributed by atoms with E-state index in [1.165, 1.54) is 60.4 Å². The lowest BCUT2D eigenvalue weighted by molar-refractivity contribution is 1.09. The van der Waals surface area contributed by atoms with Crippen LogP contribution >= 0.6 is 0 Å². The molecule has 10 heteroatoms. The lowest BCUT2D eigenvalue weighted by atomic mass is 9.82. The highest BCUT2D eigenvalue weighted by molar-refractivity contribution is 7.19. The van der Waals surface area contributed by atoms with E-state index in [0.717, 1.165) is 28.5 Å².